The summed E-state index contributed by atoms with van der Waals surface area (Å²) < 4.78 is 91.6. The molecule has 2 aromatic heterocycles. The maximum Gasteiger partial charge on any atom is 0.426 e. The predicted molar refractivity (Wildman–Crippen MR) is 85.8 cm³/mol. The van der Waals surface area contributed by atoms with Crippen LogP contribution in [-0.4, -0.2) is 50.3 Å². The van der Waals surface area contributed by atoms with Crippen LogP contribution in [-0.2, 0) is 4.79 Å². The maximum absolute atomic E-state index is 13.3. The van der Waals surface area contributed by atoms with Crippen LogP contribution in [0.25, 0.3) is 5.69 Å². The van der Waals surface area contributed by atoms with Crippen molar-refractivity contribution in [1.82, 2.24) is 14.8 Å². The molecule has 0 atom stereocenters. The number of halogens is 7. The average molecular weight is 428 g/mol. The Morgan fingerprint density at radius 1 is 1.17 bits per heavy atom. The van der Waals surface area contributed by atoms with Gasteiger partial charge in [-0.25, -0.2) is 9.07 Å². The van der Waals surface area contributed by atoms with E-state index in [1.807, 2.05) is 0 Å². The van der Waals surface area contributed by atoms with Gasteiger partial charge in [-0.2, -0.15) is 31.4 Å². The molecule has 0 fully saturated rings. The summed E-state index contributed by atoms with van der Waals surface area (Å²) in [6.07, 6.45) is -11.2. The van der Waals surface area contributed by atoms with E-state index >= 15 is 0 Å². The standard InChI is InChI=1S/C16H15F7N4O2/c1-3-26(13(28)5-14(29,15(18,19)20)16(21,22)23)12-8-27(25-9(12)2)11-4-10(17)6-24-7-11/h4,6-8,29H,3,5H2,1-2H3. The molecule has 6 nitrogen and oxygen atoms in total. The summed E-state index contributed by atoms with van der Waals surface area (Å²) in [5, 5.41) is 13.2. The number of aliphatic hydroxyl groups is 1. The topological polar surface area (TPSA) is 71.2 Å². The Bertz CT molecular complexity index is 878. The lowest BCUT2D eigenvalue weighted by atomic mass is 9.97. The monoisotopic (exact) mass is 428 g/mol. The molecule has 0 bridgehead atoms. The Kier molecular flexibility index (Phi) is 5.93. The lowest BCUT2D eigenvalue weighted by Crippen LogP contribution is -2.59. The third-order valence-electron chi connectivity index (χ3n) is 4.08. The van der Waals surface area contributed by atoms with E-state index in [0.29, 0.717) is 4.90 Å². The predicted octanol–water partition coefficient (Wildman–Crippen LogP) is 3.31. The van der Waals surface area contributed by atoms with Crippen LogP contribution in [0.4, 0.5) is 36.4 Å². The maximum atomic E-state index is 13.3. The number of pyridine rings is 1. The van der Waals surface area contributed by atoms with Crippen LogP contribution in [0.5, 0.6) is 0 Å². The molecule has 2 heterocycles. The molecule has 0 aliphatic rings. The normalized spacial score (nSPS) is 12.9. The summed E-state index contributed by atoms with van der Waals surface area (Å²) >= 11 is 0. The van der Waals surface area contributed by atoms with Crippen LogP contribution in [0.2, 0.25) is 0 Å². The SMILES string of the molecule is CCN(C(=O)CC(O)(C(F)(F)F)C(F)(F)F)c1cn(-c2cncc(F)c2)nc1C. The lowest BCUT2D eigenvalue weighted by Gasteiger charge is -2.33. The number of anilines is 1. The molecule has 0 saturated heterocycles. The van der Waals surface area contributed by atoms with E-state index < -0.39 is 36.1 Å². The van der Waals surface area contributed by atoms with Crippen molar-refractivity contribution in [2.24, 2.45) is 0 Å². The number of aryl methyl sites for hydroxylation is 1. The first-order chi connectivity index (χ1) is 13.2. The van der Waals surface area contributed by atoms with Gasteiger partial charge in [-0.15, -0.1) is 0 Å². The Hall–Kier alpha value is -2.70. The molecule has 13 heteroatoms. The highest BCUT2D eigenvalue weighted by molar-refractivity contribution is 5.94. The highest BCUT2D eigenvalue weighted by atomic mass is 19.4. The number of rotatable bonds is 5. The first kappa shape index (κ1) is 22.6. The molecule has 2 rings (SSSR count). The number of hydrogen-bond acceptors (Lipinski definition) is 4. The van der Waals surface area contributed by atoms with Gasteiger partial charge in [0.05, 0.1) is 42.1 Å². The van der Waals surface area contributed by atoms with Gasteiger partial charge < -0.3 is 10.0 Å². The van der Waals surface area contributed by atoms with E-state index in [-0.39, 0.29) is 23.6 Å². The smallest absolute Gasteiger partial charge is 0.373 e. The van der Waals surface area contributed by atoms with Crippen molar-refractivity contribution in [3.8, 4) is 5.69 Å². The van der Waals surface area contributed by atoms with Gasteiger partial charge in [0, 0.05) is 12.6 Å². The van der Waals surface area contributed by atoms with E-state index in [4.69, 9.17) is 0 Å². The van der Waals surface area contributed by atoms with Gasteiger partial charge in [0.1, 0.15) is 5.82 Å². The Morgan fingerprint density at radius 2 is 1.76 bits per heavy atom. The van der Waals surface area contributed by atoms with Crippen LogP contribution in [0, 0.1) is 12.7 Å². The Labute approximate surface area is 159 Å². The number of aromatic nitrogens is 3. The van der Waals surface area contributed by atoms with Crippen LogP contribution in [0.15, 0.2) is 24.7 Å². The van der Waals surface area contributed by atoms with Crippen molar-refractivity contribution in [1.29, 1.82) is 0 Å². The molecular formula is C16H15F7N4O2. The van der Waals surface area contributed by atoms with Crippen LogP contribution in [0.3, 0.4) is 0 Å². The zero-order chi connectivity index (χ0) is 22.2. The number of alkyl halides is 6. The van der Waals surface area contributed by atoms with Crippen molar-refractivity contribution >= 4 is 11.6 Å². The fourth-order valence-corrected chi connectivity index (χ4v) is 2.53. The Morgan fingerprint density at radius 3 is 2.24 bits per heavy atom. The summed E-state index contributed by atoms with van der Waals surface area (Å²) in [5.41, 5.74) is -5.12. The largest absolute Gasteiger partial charge is 0.426 e. The van der Waals surface area contributed by atoms with E-state index in [1.54, 1.807) is 0 Å². The van der Waals surface area contributed by atoms with Gasteiger partial charge >= 0.3 is 12.4 Å². The zero-order valence-electron chi connectivity index (χ0n) is 15.0. The zero-order valence-corrected chi connectivity index (χ0v) is 15.0. The van der Waals surface area contributed by atoms with Gasteiger partial charge in [0.2, 0.25) is 5.91 Å². The van der Waals surface area contributed by atoms with Crippen molar-refractivity contribution < 1.29 is 40.6 Å². The summed E-state index contributed by atoms with van der Waals surface area (Å²) in [7, 11) is 0. The van der Waals surface area contributed by atoms with E-state index in [1.165, 1.54) is 20.0 Å². The van der Waals surface area contributed by atoms with E-state index in [9.17, 15) is 40.6 Å². The molecular weight excluding hydrogens is 413 g/mol. The fraction of sp³-hybridized carbons (Fsp3) is 0.438. The van der Waals surface area contributed by atoms with Gasteiger partial charge in [-0.3, -0.25) is 9.78 Å². The van der Waals surface area contributed by atoms with Gasteiger partial charge in [0.15, 0.2) is 0 Å². The van der Waals surface area contributed by atoms with Crippen molar-refractivity contribution in [2.45, 2.75) is 38.2 Å². The van der Waals surface area contributed by atoms with E-state index in [2.05, 4.69) is 10.1 Å². The molecule has 0 aliphatic heterocycles. The van der Waals surface area contributed by atoms with Crippen LogP contribution >= 0.6 is 0 Å². The fourth-order valence-electron chi connectivity index (χ4n) is 2.53. The highest BCUT2D eigenvalue weighted by Gasteiger charge is 2.71. The van der Waals surface area contributed by atoms with Crippen LogP contribution in [0.1, 0.15) is 19.0 Å². The Balaban J connectivity index is 2.40. The molecule has 0 saturated carbocycles. The summed E-state index contributed by atoms with van der Waals surface area (Å²) in [4.78, 5) is 16.5. The molecule has 0 aromatic carbocycles. The summed E-state index contributed by atoms with van der Waals surface area (Å²) in [6, 6.07) is 1.04. The van der Waals surface area contributed by atoms with Gasteiger partial charge in [-0.1, -0.05) is 0 Å². The van der Waals surface area contributed by atoms with Gasteiger partial charge in [0.25, 0.3) is 5.60 Å². The second kappa shape index (κ2) is 7.61. The van der Waals surface area contributed by atoms with Crippen molar-refractivity contribution in [3.63, 3.8) is 0 Å². The van der Waals surface area contributed by atoms with Gasteiger partial charge in [-0.05, 0) is 13.8 Å². The number of carbonyl (C=O) groups excluding carboxylic acids is 1. The molecule has 160 valence electrons. The minimum absolute atomic E-state index is 0.0759. The molecule has 0 radical (unpaired) electrons. The quantitative estimate of drug-likeness (QED) is 0.742. The first-order valence-corrected chi connectivity index (χ1v) is 8.04. The number of amides is 1. The molecule has 1 amide bonds. The van der Waals surface area contributed by atoms with E-state index in [0.717, 1.165) is 23.1 Å². The van der Waals surface area contributed by atoms with Crippen molar-refractivity contribution in [3.05, 3.63) is 36.2 Å². The minimum atomic E-state index is -6.12. The summed E-state index contributed by atoms with van der Waals surface area (Å²) in [5.74, 6) is -2.33. The average Bonchev–Trinajstić information content (AvgIpc) is 2.95. The second-order valence-electron chi connectivity index (χ2n) is 6.08. The van der Waals surface area contributed by atoms with Crippen molar-refractivity contribution in [2.75, 3.05) is 11.4 Å². The molecule has 0 unspecified atom stereocenters. The number of carbonyl (C=O) groups is 1. The minimum Gasteiger partial charge on any atom is -0.373 e. The third-order valence-corrected chi connectivity index (χ3v) is 4.08. The number of nitrogens with zero attached hydrogens (tertiary/aromatic N) is 4. The lowest BCUT2D eigenvalue weighted by molar-refractivity contribution is -0.366. The molecule has 0 aliphatic carbocycles. The highest BCUT2D eigenvalue weighted by Crippen LogP contribution is 2.45. The van der Waals surface area contributed by atoms with Crippen LogP contribution < -0.4 is 4.90 Å². The summed E-state index contributed by atoms with van der Waals surface area (Å²) in [6.45, 7) is 2.37. The molecule has 2 aromatic rings. The number of hydrogen-bond donors (Lipinski definition) is 1. The first-order valence-electron chi connectivity index (χ1n) is 8.04. The third kappa shape index (κ3) is 4.33. The molecule has 29 heavy (non-hydrogen) atoms. The molecule has 0 spiro atoms. The molecule has 1 N–H and O–H groups in total. The second-order valence-corrected chi connectivity index (χ2v) is 6.08.